The second-order valence-corrected chi connectivity index (χ2v) is 5.89. The minimum atomic E-state index is -0.108. The molecule has 1 nitrogen and oxygen atoms in total. The highest BCUT2D eigenvalue weighted by Crippen LogP contribution is 2.48. The Morgan fingerprint density at radius 3 is 2.08 bits per heavy atom. The summed E-state index contributed by atoms with van der Waals surface area (Å²) in [6.07, 6.45) is 2.07. The van der Waals surface area contributed by atoms with Gasteiger partial charge in [-0.15, -0.1) is 0 Å². The highest BCUT2D eigenvalue weighted by molar-refractivity contribution is 4.93. The molecule has 1 N–H and O–H groups in total. The van der Waals surface area contributed by atoms with Gasteiger partial charge >= 0.3 is 0 Å². The summed E-state index contributed by atoms with van der Waals surface area (Å²) in [7, 11) is 0. The SMILES string of the molecule is C[C@H]1[C@@H](O)CC(C)(C)CC1(C)C. The van der Waals surface area contributed by atoms with Crippen LogP contribution in [0.2, 0.25) is 0 Å². The van der Waals surface area contributed by atoms with Crippen LogP contribution in [0, 0.1) is 16.7 Å². The predicted octanol–water partition coefficient (Wildman–Crippen LogP) is 2.83. The van der Waals surface area contributed by atoms with Crippen molar-refractivity contribution in [3.05, 3.63) is 0 Å². The Balaban J connectivity index is 2.80. The first-order valence-electron chi connectivity index (χ1n) is 4.93. The van der Waals surface area contributed by atoms with Gasteiger partial charge in [0.1, 0.15) is 0 Å². The van der Waals surface area contributed by atoms with Crippen LogP contribution < -0.4 is 0 Å². The van der Waals surface area contributed by atoms with Crippen molar-refractivity contribution in [1.82, 2.24) is 0 Å². The molecule has 0 aliphatic heterocycles. The van der Waals surface area contributed by atoms with Gasteiger partial charge in [-0.25, -0.2) is 0 Å². The molecule has 0 radical (unpaired) electrons. The van der Waals surface area contributed by atoms with Crippen LogP contribution in [0.5, 0.6) is 0 Å². The quantitative estimate of drug-likeness (QED) is 0.592. The fourth-order valence-electron chi connectivity index (χ4n) is 2.73. The number of aliphatic hydroxyl groups excluding tert-OH is 1. The molecule has 0 amide bonds. The third-order valence-corrected chi connectivity index (χ3v) is 3.51. The third kappa shape index (κ3) is 1.82. The van der Waals surface area contributed by atoms with Crippen molar-refractivity contribution in [2.24, 2.45) is 16.7 Å². The average Bonchev–Trinajstić information content (AvgIpc) is 1.79. The lowest BCUT2D eigenvalue weighted by atomic mass is 9.59. The van der Waals surface area contributed by atoms with Crippen LogP contribution in [0.25, 0.3) is 0 Å². The van der Waals surface area contributed by atoms with E-state index in [9.17, 15) is 5.11 Å². The molecular formula is C11H22O. The van der Waals surface area contributed by atoms with E-state index in [0.29, 0.717) is 16.7 Å². The van der Waals surface area contributed by atoms with Crippen molar-refractivity contribution in [1.29, 1.82) is 0 Å². The summed E-state index contributed by atoms with van der Waals surface area (Å²) >= 11 is 0. The van der Waals surface area contributed by atoms with Gasteiger partial charge in [-0.1, -0.05) is 34.6 Å². The van der Waals surface area contributed by atoms with Crippen LogP contribution >= 0.6 is 0 Å². The Bertz CT molecular complexity index is 170. The molecule has 0 aromatic heterocycles. The molecule has 12 heavy (non-hydrogen) atoms. The second kappa shape index (κ2) is 2.73. The number of hydrogen-bond acceptors (Lipinski definition) is 1. The van der Waals surface area contributed by atoms with Crippen molar-refractivity contribution in [3.63, 3.8) is 0 Å². The van der Waals surface area contributed by atoms with E-state index in [4.69, 9.17) is 0 Å². The molecule has 0 aromatic rings. The molecule has 1 aliphatic carbocycles. The molecule has 1 aliphatic rings. The standard InChI is InChI=1S/C11H22O/c1-8-9(12)6-10(2,3)7-11(8,4)5/h8-9,12H,6-7H2,1-5H3/t8-,9-/m0/s1. The summed E-state index contributed by atoms with van der Waals surface area (Å²) in [5.41, 5.74) is 0.608. The van der Waals surface area contributed by atoms with E-state index < -0.39 is 0 Å². The normalized spacial score (nSPS) is 39.5. The minimum Gasteiger partial charge on any atom is -0.393 e. The first kappa shape index (κ1) is 10.0. The van der Waals surface area contributed by atoms with Gasteiger partial charge in [0.05, 0.1) is 6.10 Å². The Hall–Kier alpha value is -0.0400. The molecule has 2 atom stereocenters. The van der Waals surface area contributed by atoms with Gasteiger partial charge in [-0.3, -0.25) is 0 Å². The number of rotatable bonds is 0. The van der Waals surface area contributed by atoms with Crippen LogP contribution in [-0.4, -0.2) is 11.2 Å². The van der Waals surface area contributed by atoms with E-state index in [1.54, 1.807) is 0 Å². The van der Waals surface area contributed by atoms with Crippen LogP contribution in [0.1, 0.15) is 47.5 Å². The fraction of sp³-hybridized carbons (Fsp3) is 1.00. The van der Waals surface area contributed by atoms with Crippen molar-refractivity contribution in [2.75, 3.05) is 0 Å². The third-order valence-electron chi connectivity index (χ3n) is 3.51. The Morgan fingerprint density at radius 1 is 1.17 bits per heavy atom. The first-order chi connectivity index (χ1) is 5.25. The number of aliphatic hydroxyl groups is 1. The molecule has 0 bridgehead atoms. The van der Waals surface area contributed by atoms with Gasteiger partial charge in [-0.05, 0) is 29.6 Å². The van der Waals surface area contributed by atoms with Crippen LogP contribution in [0.4, 0.5) is 0 Å². The Labute approximate surface area is 76.2 Å². The summed E-state index contributed by atoms with van der Waals surface area (Å²) < 4.78 is 0. The summed E-state index contributed by atoms with van der Waals surface area (Å²) in [5.74, 6) is 0.436. The van der Waals surface area contributed by atoms with Crippen molar-refractivity contribution in [3.8, 4) is 0 Å². The van der Waals surface area contributed by atoms with E-state index in [1.165, 1.54) is 6.42 Å². The monoisotopic (exact) mass is 170 g/mol. The highest BCUT2D eigenvalue weighted by Gasteiger charge is 2.42. The van der Waals surface area contributed by atoms with Crippen LogP contribution in [-0.2, 0) is 0 Å². The van der Waals surface area contributed by atoms with Gasteiger partial charge in [0.15, 0.2) is 0 Å². The van der Waals surface area contributed by atoms with E-state index in [1.807, 2.05) is 0 Å². The topological polar surface area (TPSA) is 20.2 Å². The first-order valence-corrected chi connectivity index (χ1v) is 4.93. The zero-order chi connectivity index (χ0) is 9.57. The molecule has 1 saturated carbocycles. The molecular weight excluding hydrogens is 148 g/mol. The zero-order valence-electron chi connectivity index (χ0n) is 9.02. The maximum atomic E-state index is 9.85. The Morgan fingerprint density at radius 2 is 1.67 bits per heavy atom. The predicted molar refractivity (Wildman–Crippen MR) is 52.0 cm³/mol. The second-order valence-electron chi connectivity index (χ2n) is 5.89. The van der Waals surface area contributed by atoms with Crippen molar-refractivity contribution in [2.45, 2.75) is 53.6 Å². The Kier molecular flexibility index (Phi) is 2.28. The van der Waals surface area contributed by atoms with Crippen LogP contribution in [0.3, 0.4) is 0 Å². The van der Waals surface area contributed by atoms with E-state index in [2.05, 4.69) is 34.6 Å². The van der Waals surface area contributed by atoms with E-state index >= 15 is 0 Å². The molecule has 0 unspecified atom stereocenters. The highest BCUT2D eigenvalue weighted by atomic mass is 16.3. The lowest BCUT2D eigenvalue weighted by Crippen LogP contribution is -2.43. The van der Waals surface area contributed by atoms with Gasteiger partial charge in [0.25, 0.3) is 0 Å². The molecule has 0 aromatic carbocycles. The summed E-state index contributed by atoms with van der Waals surface area (Å²) in [6, 6.07) is 0. The maximum Gasteiger partial charge on any atom is 0.0575 e. The van der Waals surface area contributed by atoms with Gasteiger partial charge in [-0.2, -0.15) is 0 Å². The molecule has 1 rings (SSSR count). The summed E-state index contributed by atoms with van der Waals surface area (Å²) in [5, 5.41) is 9.85. The molecule has 1 heteroatoms. The molecule has 1 fully saturated rings. The van der Waals surface area contributed by atoms with Gasteiger partial charge in [0, 0.05) is 0 Å². The summed E-state index contributed by atoms with van der Waals surface area (Å²) in [4.78, 5) is 0. The molecule has 72 valence electrons. The smallest absolute Gasteiger partial charge is 0.0575 e. The lowest BCUT2D eigenvalue weighted by molar-refractivity contribution is -0.0530. The van der Waals surface area contributed by atoms with Crippen molar-refractivity contribution >= 4 is 0 Å². The molecule has 0 heterocycles. The number of hydrogen-bond donors (Lipinski definition) is 1. The molecule has 0 spiro atoms. The van der Waals surface area contributed by atoms with Gasteiger partial charge < -0.3 is 5.11 Å². The maximum absolute atomic E-state index is 9.85. The average molecular weight is 170 g/mol. The minimum absolute atomic E-state index is 0.108. The van der Waals surface area contributed by atoms with Gasteiger partial charge in [0.2, 0.25) is 0 Å². The zero-order valence-corrected chi connectivity index (χ0v) is 9.02. The lowest BCUT2D eigenvalue weighted by Gasteiger charge is -2.48. The van der Waals surface area contributed by atoms with E-state index in [-0.39, 0.29) is 6.10 Å². The van der Waals surface area contributed by atoms with Crippen molar-refractivity contribution < 1.29 is 5.11 Å². The fourth-order valence-corrected chi connectivity index (χ4v) is 2.73. The van der Waals surface area contributed by atoms with E-state index in [0.717, 1.165) is 6.42 Å². The largest absolute Gasteiger partial charge is 0.393 e. The van der Waals surface area contributed by atoms with Crippen LogP contribution in [0.15, 0.2) is 0 Å². The molecule has 0 saturated heterocycles. The summed E-state index contributed by atoms with van der Waals surface area (Å²) in [6.45, 7) is 11.2.